The van der Waals surface area contributed by atoms with Gasteiger partial charge in [0.1, 0.15) is 5.78 Å². The van der Waals surface area contributed by atoms with Crippen molar-refractivity contribution in [1.82, 2.24) is 4.90 Å². The normalized spacial score (nSPS) is 42.8. The summed E-state index contributed by atoms with van der Waals surface area (Å²) in [5.74, 6) is 2.71. The van der Waals surface area contributed by atoms with Gasteiger partial charge in [0.15, 0.2) is 0 Å². The maximum absolute atomic E-state index is 12.6. The van der Waals surface area contributed by atoms with E-state index < -0.39 is 0 Å². The molecule has 4 aliphatic rings. The van der Waals surface area contributed by atoms with E-state index in [1.165, 1.54) is 25.7 Å². The van der Waals surface area contributed by atoms with Gasteiger partial charge in [0, 0.05) is 18.4 Å². The number of rotatable bonds is 6. The quantitative estimate of drug-likeness (QED) is 0.583. The summed E-state index contributed by atoms with van der Waals surface area (Å²) in [5.41, 5.74) is 2.03. The summed E-state index contributed by atoms with van der Waals surface area (Å²) in [6.07, 6.45) is 12.2. The molecule has 3 nitrogen and oxygen atoms in total. The van der Waals surface area contributed by atoms with Crippen LogP contribution in [0.25, 0.3) is 0 Å². The Kier molecular flexibility index (Phi) is 5.79. The number of Topliss-reactive ketones (excluding diaryl/α,β-unsaturated/α-hetero) is 1. The fraction of sp³-hybridized carbons (Fsp3) is 0.880. The van der Waals surface area contributed by atoms with Crippen molar-refractivity contribution in [3.8, 4) is 0 Å². The molecule has 0 radical (unpaired) electrons. The van der Waals surface area contributed by atoms with Gasteiger partial charge in [-0.15, -0.1) is 0 Å². The number of carbonyl (C=O) groups excluding carboxylic acids is 1. The predicted octanol–water partition coefficient (Wildman–Crippen LogP) is 5.25. The predicted molar refractivity (Wildman–Crippen MR) is 114 cm³/mol. The van der Waals surface area contributed by atoms with Crippen LogP contribution < -0.4 is 0 Å². The fourth-order valence-corrected chi connectivity index (χ4v) is 7.43. The lowest BCUT2D eigenvalue weighted by atomic mass is 9.48. The van der Waals surface area contributed by atoms with Gasteiger partial charge in [-0.1, -0.05) is 39.3 Å². The first-order chi connectivity index (χ1) is 13.4. The second kappa shape index (κ2) is 7.87. The van der Waals surface area contributed by atoms with Crippen molar-refractivity contribution < 1.29 is 9.53 Å². The number of hydrogen-bond donors (Lipinski definition) is 0. The summed E-state index contributed by atoms with van der Waals surface area (Å²) in [6, 6.07) is 0. The highest BCUT2D eigenvalue weighted by molar-refractivity contribution is 5.87. The molecule has 3 heteroatoms. The molecule has 0 aromatic heterocycles. The SMILES string of the molecule is CCN(CC)CCOC1CC[C@@]2(C)C(=CCC3C2CC[C@]2(C)C(=O)CCC32)C1. The second-order valence-corrected chi connectivity index (χ2v) is 10.4. The van der Waals surface area contributed by atoms with Crippen LogP contribution in [0, 0.1) is 28.6 Å². The van der Waals surface area contributed by atoms with Crippen LogP contribution in [-0.2, 0) is 9.53 Å². The van der Waals surface area contributed by atoms with E-state index in [2.05, 4.69) is 38.7 Å². The number of likely N-dealkylation sites (N-methyl/N-ethyl adjacent to an activating group) is 1. The molecule has 28 heavy (non-hydrogen) atoms. The molecule has 4 rings (SSSR count). The Bertz CT molecular complexity index is 624. The van der Waals surface area contributed by atoms with Crippen molar-refractivity contribution in [1.29, 1.82) is 0 Å². The molecule has 0 bridgehead atoms. The molecule has 0 N–H and O–H groups in total. The third kappa shape index (κ3) is 3.31. The van der Waals surface area contributed by atoms with E-state index in [4.69, 9.17) is 4.74 Å². The third-order valence-corrected chi connectivity index (χ3v) is 9.42. The van der Waals surface area contributed by atoms with Gasteiger partial charge in [0.05, 0.1) is 12.7 Å². The van der Waals surface area contributed by atoms with Crippen molar-refractivity contribution in [2.45, 2.75) is 85.2 Å². The van der Waals surface area contributed by atoms with Crippen molar-refractivity contribution in [2.75, 3.05) is 26.2 Å². The van der Waals surface area contributed by atoms with Gasteiger partial charge in [-0.2, -0.15) is 0 Å². The van der Waals surface area contributed by atoms with E-state index in [0.29, 0.717) is 23.2 Å². The van der Waals surface area contributed by atoms with Crippen LogP contribution in [0.2, 0.25) is 0 Å². The molecule has 0 aromatic rings. The van der Waals surface area contributed by atoms with Gasteiger partial charge in [-0.25, -0.2) is 0 Å². The maximum Gasteiger partial charge on any atom is 0.139 e. The number of ketones is 1. The molecule has 158 valence electrons. The molecule has 0 aliphatic heterocycles. The highest BCUT2D eigenvalue weighted by atomic mass is 16.5. The molecule has 4 unspecified atom stereocenters. The van der Waals surface area contributed by atoms with E-state index in [1.54, 1.807) is 5.57 Å². The lowest BCUT2D eigenvalue weighted by molar-refractivity contribution is -0.132. The molecule has 4 aliphatic carbocycles. The first-order valence-electron chi connectivity index (χ1n) is 12.0. The first-order valence-corrected chi connectivity index (χ1v) is 12.0. The molecular formula is C25H41NO2. The summed E-state index contributed by atoms with van der Waals surface area (Å²) >= 11 is 0. The highest BCUT2D eigenvalue weighted by Crippen LogP contribution is 2.64. The zero-order valence-electron chi connectivity index (χ0n) is 18.6. The monoisotopic (exact) mass is 387 g/mol. The van der Waals surface area contributed by atoms with Gasteiger partial charge < -0.3 is 9.64 Å². The summed E-state index contributed by atoms with van der Waals surface area (Å²) < 4.78 is 6.32. The largest absolute Gasteiger partial charge is 0.377 e. The Morgan fingerprint density at radius 1 is 1.07 bits per heavy atom. The van der Waals surface area contributed by atoms with Crippen LogP contribution in [0.15, 0.2) is 11.6 Å². The van der Waals surface area contributed by atoms with Gasteiger partial charge in [0.25, 0.3) is 0 Å². The zero-order chi connectivity index (χ0) is 19.9. The van der Waals surface area contributed by atoms with Gasteiger partial charge in [0.2, 0.25) is 0 Å². The fourth-order valence-electron chi connectivity index (χ4n) is 7.43. The molecule has 0 amide bonds. The van der Waals surface area contributed by atoms with Crippen molar-refractivity contribution in [2.24, 2.45) is 28.6 Å². The number of allylic oxidation sites excluding steroid dienone is 1. The Labute approximate surface area is 172 Å². The number of nitrogens with zero attached hydrogens (tertiary/aromatic N) is 1. The molecule has 0 spiro atoms. The Morgan fingerprint density at radius 2 is 1.79 bits per heavy atom. The van der Waals surface area contributed by atoms with Crippen molar-refractivity contribution in [3.63, 3.8) is 0 Å². The molecular weight excluding hydrogens is 346 g/mol. The number of fused-ring (bicyclic) bond motifs is 5. The Morgan fingerprint density at radius 3 is 2.54 bits per heavy atom. The Balaban J connectivity index is 1.42. The van der Waals surface area contributed by atoms with Crippen LogP contribution >= 0.6 is 0 Å². The van der Waals surface area contributed by atoms with Crippen LogP contribution in [0.4, 0.5) is 0 Å². The Hall–Kier alpha value is -0.670. The summed E-state index contributed by atoms with van der Waals surface area (Å²) in [4.78, 5) is 15.0. The first kappa shape index (κ1) is 20.6. The van der Waals surface area contributed by atoms with Crippen LogP contribution in [0.3, 0.4) is 0 Å². The van der Waals surface area contributed by atoms with Crippen LogP contribution in [0.5, 0.6) is 0 Å². The van der Waals surface area contributed by atoms with Crippen LogP contribution in [-0.4, -0.2) is 43.0 Å². The lowest BCUT2D eigenvalue weighted by Crippen LogP contribution is -2.50. The molecule has 0 aromatic carbocycles. The highest BCUT2D eigenvalue weighted by Gasteiger charge is 2.58. The molecule has 6 atom stereocenters. The maximum atomic E-state index is 12.6. The smallest absolute Gasteiger partial charge is 0.139 e. The zero-order valence-corrected chi connectivity index (χ0v) is 18.6. The van der Waals surface area contributed by atoms with Gasteiger partial charge >= 0.3 is 0 Å². The van der Waals surface area contributed by atoms with E-state index in [-0.39, 0.29) is 5.41 Å². The minimum Gasteiger partial charge on any atom is -0.377 e. The molecule has 3 fully saturated rings. The summed E-state index contributed by atoms with van der Waals surface area (Å²) in [5, 5.41) is 0. The second-order valence-electron chi connectivity index (χ2n) is 10.4. The van der Waals surface area contributed by atoms with Crippen molar-refractivity contribution in [3.05, 3.63) is 11.6 Å². The van der Waals surface area contributed by atoms with E-state index >= 15 is 0 Å². The average Bonchev–Trinajstić information content (AvgIpc) is 3.00. The third-order valence-electron chi connectivity index (χ3n) is 9.42. The standard InChI is InChI=1S/C25H41NO2/c1-5-26(6-2)15-16-28-19-11-13-24(3)18(17-19)7-8-20-21-9-10-23(27)25(21,4)14-12-22(20)24/h7,19-22H,5-6,8-17H2,1-4H3/t19?,20?,21?,22?,24-,25-/m0/s1. The average molecular weight is 388 g/mol. The van der Waals surface area contributed by atoms with Crippen LogP contribution in [0.1, 0.15) is 79.1 Å². The molecule has 0 saturated heterocycles. The lowest BCUT2D eigenvalue weighted by Gasteiger charge is -2.57. The number of hydrogen-bond acceptors (Lipinski definition) is 3. The van der Waals surface area contributed by atoms with Crippen molar-refractivity contribution >= 4 is 5.78 Å². The van der Waals surface area contributed by atoms with E-state index in [1.807, 2.05) is 0 Å². The van der Waals surface area contributed by atoms with E-state index in [0.717, 1.165) is 63.8 Å². The number of ether oxygens (including phenoxy) is 1. The minimum absolute atomic E-state index is 0.00634. The summed E-state index contributed by atoms with van der Waals surface area (Å²) in [7, 11) is 0. The molecule has 3 saturated carbocycles. The topological polar surface area (TPSA) is 29.5 Å². The van der Waals surface area contributed by atoms with Gasteiger partial charge in [-0.3, -0.25) is 4.79 Å². The van der Waals surface area contributed by atoms with E-state index in [9.17, 15) is 4.79 Å². The molecule has 0 heterocycles. The summed E-state index contributed by atoms with van der Waals surface area (Å²) in [6.45, 7) is 13.4. The minimum atomic E-state index is -0.00634. The van der Waals surface area contributed by atoms with Gasteiger partial charge in [-0.05, 0) is 81.2 Å². The number of carbonyl (C=O) groups is 1.